The smallest absolute Gasteiger partial charge is 0.123 e. The number of thiazole rings is 1. The van der Waals surface area contributed by atoms with E-state index in [2.05, 4.69) is 4.98 Å². The van der Waals surface area contributed by atoms with Gasteiger partial charge in [-0.05, 0) is 30.5 Å². The van der Waals surface area contributed by atoms with Crippen LogP contribution in [0.3, 0.4) is 0 Å². The summed E-state index contributed by atoms with van der Waals surface area (Å²) in [6.45, 7) is 0.199. The number of hydrogen-bond donors (Lipinski definition) is 1. The van der Waals surface area contributed by atoms with Crippen LogP contribution >= 0.6 is 11.3 Å². The zero-order chi connectivity index (χ0) is 12.1. The van der Waals surface area contributed by atoms with Crippen LogP contribution in [0.2, 0.25) is 0 Å². The van der Waals surface area contributed by atoms with Crippen molar-refractivity contribution in [3.05, 3.63) is 51.7 Å². The van der Waals surface area contributed by atoms with E-state index >= 15 is 0 Å². The molecule has 1 heterocycles. The van der Waals surface area contributed by atoms with Crippen molar-refractivity contribution in [1.29, 1.82) is 0 Å². The molecule has 4 heteroatoms. The van der Waals surface area contributed by atoms with Gasteiger partial charge >= 0.3 is 0 Å². The molecule has 0 saturated heterocycles. The van der Waals surface area contributed by atoms with Crippen LogP contribution < -0.4 is 0 Å². The second kappa shape index (κ2) is 5.89. The highest BCUT2D eigenvalue weighted by Gasteiger charge is 2.03. The van der Waals surface area contributed by atoms with Crippen LogP contribution in [0.5, 0.6) is 0 Å². The number of aromatic nitrogens is 1. The molecular weight excluding hydrogens is 237 g/mol. The average Bonchev–Trinajstić information content (AvgIpc) is 2.77. The van der Waals surface area contributed by atoms with E-state index in [1.807, 2.05) is 5.38 Å². The van der Waals surface area contributed by atoms with Gasteiger partial charge in [0.15, 0.2) is 0 Å². The third-order valence-corrected chi connectivity index (χ3v) is 3.36. The number of aryl methyl sites for hydroxylation is 1. The van der Waals surface area contributed by atoms with Crippen molar-refractivity contribution in [1.82, 2.24) is 4.98 Å². The van der Waals surface area contributed by atoms with Gasteiger partial charge in [0.25, 0.3) is 0 Å². The molecule has 0 saturated carbocycles. The largest absolute Gasteiger partial charge is 0.396 e. The van der Waals surface area contributed by atoms with Crippen molar-refractivity contribution in [3.63, 3.8) is 0 Å². The normalized spacial score (nSPS) is 10.7. The molecule has 0 atom stereocenters. The Balaban J connectivity index is 1.98. The Hall–Kier alpha value is -1.26. The van der Waals surface area contributed by atoms with Crippen LogP contribution in [-0.2, 0) is 12.8 Å². The average molecular weight is 251 g/mol. The van der Waals surface area contributed by atoms with Gasteiger partial charge in [0.05, 0.1) is 10.7 Å². The van der Waals surface area contributed by atoms with Crippen LogP contribution in [-0.4, -0.2) is 16.7 Å². The molecule has 1 aromatic carbocycles. The van der Waals surface area contributed by atoms with Crippen LogP contribution in [0.4, 0.5) is 4.39 Å². The van der Waals surface area contributed by atoms with Gasteiger partial charge in [0, 0.05) is 18.4 Å². The summed E-state index contributed by atoms with van der Waals surface area (Å²) in [5, 5.41) is 11.8. The molecular formula is C13H14FNOS. The molecule has 2 nitrogen and oxygen atoms in total. The van der Waals surface area contributed by atoms with Crippen molar-refractivity contribution in [2.45, 2.75) is 19.3 Å². The van der Waals surface area contributed by atoms with Crippen molar-refractivity contribution in [2.24, 2.45) is 0 Å². The van der Waals surface area contributed by atoms with Crippen molar-refractivity contribution in [3.8, 4) is 0 Å². The first-order valence-electron chi connectivity index (χ1n) is 5.56. The van der Waals surface area contributed by atoms with E-state index in [4.69, 9.17) is 5.11 Å². The standard InChI is InChI=1S/C13H14FNOS/c14-11-5-3-10(4-6-11)8-13-15-12(9-17-13)2-1-7-16/h3-6,9,16H,1-2,7-8H2. The lowest BCUT2D eigenvalue weighted by atomic mass is 10.1. The second-order valence-electron chi connectivity index (χ2n) is 3.86. The number of halogens is 1. The first kappa shape index (κ1) is 12.2. The molecule has 0 amide bonds. The minimum absolute atomic E-state index is 0.199. The van der Waals surface area contributed by atoms with Crippen molar-refractivity contribution < 1.29 is 9.50 Å². The number of nitrogens with zero attached hydrogens (tertiary/aromatic N) is 1. The highest BCUT2D eigenvalue weighted by Crippen LogP contribution is 2.16. The zero-order valence-electron chi connectivity index (χ0n) is 9.40. The van der Waals surface area contributed by atoms with E-state index in [-0.39, 0.29) is 12.4 Å². The van der Waals surface area contributed by atoms with E-state index in [9.17, 15) is 4.39 Å². The molecule has 2 rings (SSSR count). The molecule has 0 spiro atoms. The van der Waals surface area contributed by atoms with Crippen LogP contribution in [0.25, 0.3) is 0 Å². The van der Waals surface area contributed by atoms with Gasteiger partial charge in [0.1, 0.15) is 5.82 Å². The van der Waals surface area contributed by atoms with E-state index in [0.29, 0.717) is 0 Å². The number of aliphatic hydroxyl groups is 1. The molecule has 0 radical (unpaired) electrons. The lowest BCUT2D eigenvalue weighted by Gasteiger charge is -1.97. The molecule has 1 N–H and O–H groups in total. The molecule has 0 aliphatic rings. The molecule has 0 bridgehead atoms. The van der Waals surface area contributed by atoms with E-state index < -0.39 is 0 Å². The Labute approximate surface area is 104 Å². The summed E-state index contributed by atoms with van der Waals surface area (Å²) in [7, 11) is 0. The molecule has 17 heavy (non-hydrogen) atoms. The zero-order valence-corrected chi connectivity index (χ0v) is 10.2. The third-order valence-electron chi connectivity index (χ3n) is 2.46. The van der Waals surface area contributed by atoms with Crippen LogP contribution in [0.15, 0.2) is 29.6 Å². The monoisotopic (exact) mass is 251 g/mol. The lowest BCUT2D eigenvalue weighted by molar-refractivity contribution is 0.288. The second-order valence-corrected chi connectivity index (χ2v) is 4.81. The van der Waals surface area contributed by atoms with Gasteiger partial charge in [0.2, 0.25) is 0 Å². The van der Waals surface area contributed by atoms with Gasteiger partial charge in [-0.2, -0.15) is 0 Å². The maximum Gasteiger partial charge on any atom is 0.123 e. The fourth-order valence-corrected chi connectivity index (χ4v) is 2.44. The van der Waals surface area contributed by atoms with Gasteiger partial charge < -0.3 is 5.11 Å². The van der Waals surface area contributed by atoms with E-state index in [1.165, 1.54) is 12.1 Å². The third kappa shape index (κ3) is 3.61. The first-order valence-corrected chi connectivity index (χ1v) is 6.44. The Morgan fingerprint density at radius 3 is 2.71 bits per heavy atom. The Morgan fingerprint density at radius 1 is 1.24 bits per heavy atom. The van der Waals surface area contributed by atoms with Crippen molar-refractivity contribution in [2.75, 3.05) is 6.61 Å². The molecule has 1 aromatic heterocycles. The summed E-state index contributed by atoms with van der Waals surface area (Å²) in [5.74, 6) is -0.212. The number of benzene rings is 1. The van der Waals surface area contributed by atoms with Gasteiger partial charge in [-0.1, -0.05) is 12.1 Å². The molecule has 0 unspecified atom stereocenters. The summed E-state index contributed by atoms with van der Waals surface area (Å²) in [6.07, 6.45) is 2.31. The Kier molecular flexibility index (Phi) is 4.23. The van der Waals surface area contributed by atoms with Crippen molar-refractivity contribution >= 4 is 11.3 Å². The number of rotatable bonds is 5. The summed E-state index contributed by atoms with van der Waals surface area (Å²) in [6, 6.07) is 6.50. The summed E-state index contributed by atoms with van der Waals surface area (Å²) < 4.78 is 12.7. The summed E-state index contributed by atoms with van der Waals surface area (Å²) in [5.41, 5.74) is 2.09. The predicted molar refractivity (Wildman–Crippen MR) is 66.7 cm³/mol. The van der Waals surface area contributed by atoms with Gasteiger partial charge in [-0.15, -0.1) is 11.3 Å². The van der Waals surface area contributed by atoms with Crippen LogP contribution in [0.1, 0.15) is 22.7 Å². The maximum absolute atomic E-state index is 12.7. The molecule has 0 aliphatic carbocycles. The molecule has 0 fully saturated rings. The Morgan fingerprint density at radius 2 is 2.00 bits per heavy atom. The highest BCUT2D eigenvalue weighted by atomic mass is 32.1. The quantitative estimate of drug-likeness (QED) is 0.886. The molecule has 90 valence electrons. The summed E-state index contributed by atoms with van der Waals surface area (Å²) in [4.78, 5) is 4.48. The maximum atomic E-state index is 12.7. The minimum Gasteiger partial charge on any atom is -0.396 e. The SMILES string of the molecule is OCCCc1csc(Cc2ccc(F)cc2)n1. The van der Waals surface area contributed by atoms with Gasteiger partial charge in [-0.3, -0.25) is 0 Å². The first-order chi connectivity index (χ1) is 8.28. The van der Waals surface area contributed by atoms with Gasteiger partial charge in [-0.25, -0.2) is 9.37 Å². The van der Waals surface area contributed by atoms with Crippen LogP contribution in [0, 0.1) is 5.82 Å². The Bertz CT molecular complexity index is 467. The fraction of sp³-hybridized carbons (Fsp3) is 0.308. The molecule has 2 aromatic rings. The summed E-state index contributed by atoms with van der Waals surface area (Å²) >= 11 is 1.61. The topological polar surface area (TPSA) is 33.1 Å². The minimum atomic E-state index is -0.212. The van der Waals surface area contributed by atoms with E-state index in [0.717, 1.165) is 35.5 Å². The number of hydrogen-bond acceptors (Lipinski definition) is 3. The lowest BCUT2D eigenvalue weighted by Crippen LogP contribution is -1.92. The molecule has 0 aliphatic heterocycles. The predicted octanol–water partition coefficient (Wildman–Crippen LogP) is 2.80. The van der Waals surface area contributed by atoms with E-state index in [1.54, 1.807) is 23.5 Å². The highest BCUT2D eigenvalue weighted by molar-refractivity contribution is 7.09. The number of aliphatic hydroxyl groups excluding tert-OH is 1. The fourth-order valence-electron chi connectivity index (χ4n) is 1.58.